The molecule has 134 valence electrons. The fourth-order valence-corrected chi connectivity index (χ4v) is 1.86. The van der Waals surface area contributed by atoms with Crippen molar-refractivity contribution in [3.05, 3.63) is 17.3 Å². The fourth-order valence-electron chi connectivity index (χ4n) is 1.52. The number of halogens is 1. The first-order valence-corrected chi connectivity index (χ1v) is 9.10. The highest BCUT2D eigenvalue weighted by atomic mass is 127. The minimum atomic E-state index is -3.16. The lowest BCUT2D eigenvalue weighted by atomic mass is 10.2. The van der Waals surface area contributed by atoms with Crippen LogP contribution in [0.2, 0.25) is 0 Å². The Morgan fingerprint density at radius 2 is 1.91 bits per heavy atom. The molecule has 0 bridgehead atoms. The Morgan fingerprint density at radius 1 is 1.30 bits per heavy atom. The number of aliphatic imine (C=N–C) groups is 1. The third-order valence-corrected chi connectivity index (χ3v) is 5.63. The predicted octanol–water partition coefficient (Wildman–Crippen LogP) is 1.79. The maximum atomic E-state index is 11.7. The number of aryl methyl sites for hydroxylation is 2. The third kappa shape index (κ3) is 6.66. The molecule has 7 nitrogen and oxygen atoms in total. The first-order chi connectivity index (χ1) is 10.1. The van der Waals surface area contributed by atoms with Crippen molar-refractivity contribution >= 4 is 39.8 Å². The summed E-state index contributed by atoms with van der Waals surface area (Å²) < 4.78 is 28.0. The summed E-state index contributed by atoms with van der Waals surface area (Å²) in [6, 6.07) is 0. The Bertz CT molecular complexity index is 619. The van der Waals surface area contributed by atoms with Crippen LogP contribution in [-0.4, -0.2) is 43.5 Å². The molecular formula is C14H27IN4O3S. The van der Waals surface area contributed by atoms with Gasteiger partial charge in [-0.25, -0.2) is 18.4 Å². The van der Waals surface area contributed by atoms with Crippen molar-refractivity contribution < 1.29 is 12.8 Å². The Morgan fingerprint density at radius 3 is 2.35 bits per heavy atom. The van der Waals surface area contributed by atoms with Crippen molar-refractivity contribution in [1.82, 2.24) is 15.6 Å². The van der Waals surface area contributed by atoms with Gasteiger partial charge in [0.2, 0.25) is 5.89 Å². The normalized spacial score (nSPS) is 12.7. The number of hydrogen-bond donors (Lipinski definition) is 2. The zero-order chi connectivity index (χ0) is 17.0. The average Bonchev–Trinajstić information content (AvgIpc) is 2.71. The summed E-state index contributed by atoms with van der Waals surface area (Å²) in [6.07, 6.45) is 1.23. The van der Waals surface area contributed by atoms with E-state index in [0.717, 1.165) is 11.5 Å². The molecule has 0 radical (unpaired) electrons. The van der Waals surface area contributed by atoms with Gasteiger partial charge >= 0.3 is 0 Å². The molecule has 0 amide bonds. The maximum absolute atomic E-state index is 11.7. The van der Waals surface area contributed by atoms with Crippen LogP contribution in [0.4, 0.5) is 0 Å². The smallest absolute Gasteiger partial charge is 0.216 e. The molecule has 1 aromatic rings. The number of sulfone groups is 1. The molecule has 0 aromatic carbocycles. The summed E-state index contributed by atoms with van der Waals surface area (Å²) in [5.74, 6) is 1.85. The minimum Gasteiger partial charge on any atom is -0.444 e. The second-order valence-corrected chi connectivity index (χ2v) is 8.48. The molecule has 2 N–H and O–H groups in total. The molecule has 0 unspecified atom stereocenters. The lowest BCUT2D eigenvalue weighted by molar-refractivity contribution is 0.472. The Balaban J connectivity index is 0.00000484. The van der Waals surface area contributed by atoms with E-state index in [1.54, 1.807) is 13.8 Å². The second kappa shape index (κ2) is 8.86. The number of oxazole rings is 1. The van der Waals surface area contributed by atoms with Crippen molar-refractivity contribution in [1.29, 1.82) is 0 Å². The number of guanidine groups is 1. The molecule has 9 heteroatoms. The van der Waals surface area contributed by atoms with Crippen LogP contribution in [0, 0.1) is 13.8 Å². The molecule has 1 rings (SSSR count). The highest BCUT2D eigenvalue weighted by molar-refractivity contribution is 14.0. The molecule has 0 saturated heterocycles. The van der Waals surface area contributed by atoms with Crippen molar-refractivity contribution in [3.63, 3.8) is 0 Å². The van der Waals surface area contributed by atoms with Crippen LogP contribution >= 0.6 is 24.0 Å². The molecule has 0 aliphatic heterocycles. The summed E-state index contributed by atoms with van der Waals surface area (Å²) in [7, 11) is -3.16. The number of nitrogens with zero attached hydrogens (tertiary/aromatic N) is 2. The van der Waals surface area contributed by atoms with Crippen molar-refractivity contribution in [2.45, 2.75) is 45.9 Å². The van der Waals surface area contributed by atoms with Crippen molar-refractivity contribution in [2.75, 3.05) is 19.3 Å². The van der Waals surface area contributed by atoms with E-state index in [2.05, 4.69) is 20.6 Å². The summed E-state index contributed by atoms with van der Waals surface area (Å²) in [5, 5.41) is 6.12. The van der Waals surface area contributed by atoms with Crippen LogP contribution in [0.25, 0.3) is 0 Å². The van der Waals surface area contributed by atoms with Crippen LogP contribution in [0.5, 0.6) is 0 Å². The van der Waals surface area contributed by atoms with Gasteiger partial charge < -0.3 is 15.1 Å². The van der Waals surface area contributed by atoms with Crippen LogP contribution in [0.1, 0.15) is 38.1 Å². The van der Waals surface area contributed by atoms with Gasteiger partial charge in [-0.1, -0.05) is 0 Å². The maximum Gasteiger partial charge on any atom is 0.216 e. The Hall–Kier alpha value is -0.840. The molecular weight excluding hydrogens is 431 g/mol. The highest BCUT2D eigenvalue weighted by Gasteiger charge is 2.30. The molecule has 0 saturated carbocycles. The van der Waals surface area contributed by atoms with Gasteiger partial charge in [0.25, 0.3) is 0 Å². The Kier molecular flexibility index (Phi) is 8.53. The van der Waals surface area contributed by atoms with Gasteiger partial charge in [-0.15, -0.1) is 24.0 Å². The van der Waals surface area contributed by atoms with Crippen LogP contribution in [-0.2, 0) is 16.4 Å². The largest absolute Gasteiger partial charge is 0.444 e. The fraction of sp³-hybridized carbons (Fsp3) is 0.714. The Labute approximate surface area is 155 Å². The SMILES string of the molecule is CCNC(=NCc1nc(C)c(C)o1)NCC(C)(C)S(C)(=O)=O.I. The van der Waals surface area contributed by atoms with Crippen LogP contribution in [0.15, 0.2) is 9.41 Å². The van der Waals surface area contributed by atoms with Gasteiger partial charge in [-0.2, -0.15) is 0 Å². The highest BCUT2D eigenvalue weighted by Crippen LogP contribution is 2.13. The van der Waals surface area contributed by atoms with E-state index in [4.69, 9.17) is 4.42 Å². The van der Waals surface area contributed by atoms with Gasteiger partial charge in [0, 0.05) is 19.3 Å². The summed E-state index contributed by atoms with van der Waals surface area (Å²) >= 11 is 0. The summed E-state index contributed by atoms with van der Waals surface area (Å²) in [4.78, 5) is 8.63. The lowest BCUT2D eigenvalue weighted by Gasteiger charge is -2.24. The van der Waals surface area contributed by atoms with Gasteiger partial charge in [-0.3, -0.25) is 0 Å². The third-order valence-electron chi connectivity index (χ3n) is 3.47. The van der Waals surface area contributed by atoms with Gasteiger partial charge in [0.1, 0.15) is 12.3 Å². The number of hydrogen-bond acceptors (Lipinski definition) is 5. The number of nitrogens with one attached hydrogen (secondary N) is 2. The van der Waals surface area contributed by atoms with E-state index in [1.807, 2.05) is 20.8 Å². The van der Waals surface area contributed by atoms with Gasteiger partial charge in [0.15, 0.2) is 15.8 Å². The summed E-state index contributed by atoms with van der Waals surface area (Å²) in [5.41, 5.74) is 0.848. The van der Waals surface area contributed by atoms with Crippen molar-refractivity contribution in [3.8, 4) is 0 Å². The van der Waals surface area contributed by atoms with E-state index in [9.17, 15) is 8.42 Å². The predicted molar refractivity (Wildman–Crippen MR) is 103 cm³/mol. The zero-order valence-electron chi connectivity index (χ0n) is 14.6. The topological polar surface area (TPSA) is 96.6 Å². The van der Waals surface area contributed by atoms with Crippen LogP contribution < -0.4 is 10.6 Å². The van der Waals surface area contributed by atoms with E-state index >= 15 is 0 Å². The molecule has 0 aliphatic carbocycles. The molecule has 0 atom stereocenters. The van der Waals surface area contributed by atoms with Crippen molar-refractivity contribution in [2.24, 2.45) is 4.99 Å². The average molecular weight is 458 g/mol. The second-order valence-electron chi connectivity index (χ2n) is 5.83. The van der Waals surface area contributed by atoms with E-state index in [1.165, 1.54) is 6.26 Å². The van der Waals surface area contributed by atoms with E-state index < -0.39 is 14.6 Å². The van der Waals surface area contributed by atoms with Gasteiger partial charge in [0.05, 0.1) is 10.4 Å². The molecule has 0 fully saturated rings. The lowest BCUT2D eigenvalue weighted by Crippen LogP contribution is -2.47. The van der Waals surface area contributed by atoms with Crippen LogP contribution in [0.3, 0.4) is 0 Å². The van der Waals surface area contributed by atoms with E-state index in [-0.39, 0.29) is 30.5 Å². The zero-order valence-corrected chi connectivity index (χ0v) is 17.7. The first kappa shape index (κ1) is 22.2. The molecule has 1 heterocycles. The summed E-state index contributed by atoms with van der Waals surface area (Å²) in [6.45, 7) is 10.3. The van der Waals surface area contributed by atoms with Gasteiger partial charge in [-0.05, 0) is 34.6 Å². The van der Waals surface area contributed by atoms with E-state index in [0.29, 0.717) is 24.9 Å². The monoisotopic (exact) mass is 458 g/mol. The molecule has 1 aromatic heterocycles. The standard InChI is InChI=1S/C14H26N4O3S.HI/c1-7-15-13(17-9-14(4,5)22(6,19)20)16-8-12-18-10(2)11(3)21-12;/h7-9H2,1-6H3,(H2,15,16,17);1H. The number of aromatic nitrogens is 1. The first-order valence-electron chi connectivity index (χ1n) is 7.21. The minimum absolute atomic E-state index is 0. The molecule has 0 aliphatic rings. The number of rotatable bonds is 6. The molecule has 0 spiro atoms. The molecule has 23 heavy (non-hydrogen) atoms. The quantitative estimate of drug-likeness (QED) is 0.384.